The Hall–Kier alpha value is -8.52. The zero-order valence-electron chi connectivity index (χ0n) is 62.0. The average Bonchev–Trinajstić information content (AvgIpc) is 1.60. The summed E-state index contributed by atoms with van der Waals surface area (Å²) >= 11 is 0. The fourth-order valence-corrected chi connectivity index (χ4v) is 15.8. The number of likely N-dealkylation sites (N-methyl/N-ethyl adjacent to an activating group) is 1. The number of H-pyrrole nitrogens is 1. The minimum atomic E-state index is -4.34. The summed E-state index contributed by atoms with van der Waals surface area (Å²) in [5.74, 6) is 0.977. The molecule has 2 N–H and O–H groups in total. The molecular formula is C90H108N4O6S2. The van der Waals surface area contributed by atoms with Gasteiger partial charge in [-0.2, -0.15) is 13.0 Å². The topological polar surface area (TPSA) is 146 Å². The van der Waals surface area contributed by atoms with Crippen molar-refractivity contribution in [3.8, 4) is 11.3 Å². The molecule has 102 heavy (non-hydrogen) atoms. The molecule has 0 fully saturated rings. The Balaban J connectivity index is 0.000000160. The van der Waals surface area contributed by atoms with E-state index < -0.39 is 20.2 Å². The van der Waals surface area contributed by atoms with Gasteiger partial charge in [-0.1, -0.05) is 295 Å². The van der Waals surface area contributed by atoms with Crippen LogP contribution in [0.1, 0.15) is 222 Å². The molecule has 8 aromatic carbocycles. The van der Waals surface area contributed by atoms with Gasteiger partial charge in [0.2, 0.25) is 5.69 Å². The summed E-state index contributed by atoms with van der Waals surface area (Å²) in [6.07, 6.45) is 31.0. The van der Waals surface area contributed by atoms with E-state index in [0.717, 1.165) is 42.6 Å². The highest BCUT2D eigenvalue weighted by Gasteiger charge is 2.43. The Labute approximate surface area is 610 Å². The lowest BCUT2D eigenvalue weighted by molar-refractivity contribution is -0.401. The number of unbranched alkanes of at least 4 members (excludes halogenated alkanes) is 10. The van der Waals surface area contributed by atoms with Gasteiger partial charge in [0.15, 0.2) is 5.71 Å². The fourth-order valence-electron chi connectivity index (χ4n) is 14.9. The van der Waals surface area contributed by atoms with E-state index in [1.807, 2.05) is 30.3 Å². The second kappa shape index (κ2) is 36.6. The van der Waals surface area contributed by atoms with E-state index in [-0.39, 0.29) is 20.6 Å². The second-order valence-electron chi connectivity index (χ2n) is 28.6. The Kier molecular flexibility index (Phi) is 27.8. The first-order valence-corrected chi connectivity index (χ1v) is 40.1. The Bertz CT molecular complexity index is 4500. The van der Waals surface area contributed by atoms with Crippen LogP contribution >= 0.6 is 0 Å². The molecule has 536 valence electrons. The van der Waals surface area contributed by atoms with Crippen LogP contribution in [0.15, 0.2) is 245 Å². The van der Waals surface area contributed by atoms with Crippen molar-refractivity contribution >= 4 is 71.3 Å². The van der Waals surface area contributed by atoms with Crippen molar-refractivity contribution in [3.05, 3.63) is 269 Å². The third-order valence-corrected chi connectivity index (χ3v) is 22.4. The lowest BCUT2D eigenvalue weighted by atomic mass is 9.81. The van der Waals surface area contributed by atoms with Gasteiger partial charge < -0.3 is 14.4 Å². The molecule has 3 aliphatic rings. The molecule has 1 aromatic heterocycles. The van der Waals surface area contributed by atoms with Gasteiger partial charge in [-0.05, 0) is 128 Å². The third kappa shape index (κ3) is 19.6. The number of hydrogen-bond acceptors (Lipinski definition) is 7. The maximum atomic E-state index is 11.1. The molecule has 0 radical (unpaired) electrons. The standard InChI is InChI=1S/2C27H24N2.2C18H30O3S/c2*1-27(2)22-14-8-10-16-24(22)29(3)25(27)18-17-21-20-13-7-9-15-23(20)28-26(21)19-11-5-4-6-12-19;2*1-3-5-7-9-11-16(10-8-6-4-2)17-12-14-18(15-13-17)22(19,20)21/h2*4-18H,1-3H3;2*12-16H,3-11H2,1-2H3,(H,19,20,21)/b21-17+,25-18-;;;. The molecule has 2 unspecified atom stereocenters. The van der Waals surface area contributed by atoms with Gasteiger partial charge in [0.1, 0.15) is 17.2 Å². The molecule has 0 amide bonds. The summed E-state index contributed by atoms with van der Waals surface area (Å²) in [6, 6.07) is 68.6. The van der Waals surface area contributed by atoms with E-state index in [9.17, 15) is 21.4 Å². The van der Waals surface area contributed by atoms with Crippen LogP contribution in [-0.4, -0.2) is 61.0 Å². The number of aromatic nitrogens is 1. The SMILES string of the molecule is CCCCCCC(CCCCC)c1ccc(S(=O)(=O)O)cc1.CCCCCCC(CCCCC)c1ccc(S(=O)(=O)[O-])cc1.CN1/C(=C\C=C2\C(c3ccccc3)=Nc3ccccc32)C(C)(C)c2ccccc21.C[N+]1=C(/C=C/c2c(-c3ccccc3)[nH]c3ccccc23)C(C)(C)c2ccccc21. The molecule has 12 rings (SSSR count). The van der Waals surface area contributed by atoms with E-state index in [4.69, 9.17) is 9.55 Å². The molecule has 0 bridgehead atoms. The molecule has 2 atom stereocenters. The molecule has 4 heterocycles. The van der Waals surface area contributed by atoms with Crippen LogP contribution in [-0.2, 0) is 31.1 Å². The average molecular weight is 1410 g/mol. The number of fused-ring (bicyclic) bond motifs is 4. The summed E-state index contributed by atoms with van der Waals surface area (Å²) in [7, 11) is -4.10. The number of para-hydroxylation sites is 4. The van der Waals surface area contributed by atoms with Gasteiger partial charge in [-0.25, -0.2) is 13.4 Å². The lowest BCUT2D eigenvalue weighted by Gasteiger charge is -2.24. The Morgan fingerprint density at radius 3 is 1.55 bits per heavy atom. The van der Waals surface area contributed by atoms with Crippen molar-refractivity contribution in [2.24, 2.45) is 4.99 Å². The molecule has 0 aliphatic carbocycles. The number of nitrogens with zero attached hydrogens (tertiary/aromatic N) is 3. The monoisotopic (exact) mass is 1400 g/mol. The van der Waals surface area contributed by atoms with Crippen LogP contribution in [0.25, 0.3) is 33.8 Å². The number of aliphatic imine (C=N–C) groups is 1. The van der Waals surface area contributed by atoms with Crippen molar-refractivity contribution in [2.75, 3.05) is 19.0 Å². The number of allylic oxidation sites excluding steroid dienone is 5. The van der Waals surface area contributed by atoms with Crippen LogP contribution < -0.4 is 4.90 Å². The molecule has 0 saturated carbocycles. The van der Waals surface area contributed by atoms with E-state index in [0.29, 0.717) is 11.8 Å². The van der Waals surface area contributed by atoms with Crippen LogP contribution in [0.2, 0.25) is 0 Å². The fraction of sp³-hybridized carbons (Fsp3) is 0.356. The highest BCUT2D eigenvalue weighted by atomic mass is 32.2. The Morgan fingerprint density at radius 1 is 0.520 bits per heavy atom. The zero-order chi connectivity index (χ0) is 72.9. The number of hydrogen-bond donors (Lipinski definition) is 2. The highest BCUT2D eigenvalue weighted by molar-refractivity contribution is 7.86. The molecular weight excluding hydrogens is 1300 g/mol. The third-order valence-electron chi connectivity index (χ3n) is 20.6. The molecule has 0 spiro atoms. The van der Waals surface area contributed by atoms with Gasteiger partial charge in [-0.3, -0.25) is 4.55 Å². The van der Waals surface area contributed by atoms with Gasteiger partial charge in [-0.15, -0.1) is 0 Å². The van der Waals surface area contributed by atoms with E-state index in [1.54, 1.807) is 0 Å². The predicted molar refractivity (Wildman–Crippen MR) is 428 cm³/mol. The van der Waals surface area contributed by atoms with Crippen molar-refractivity contribution in [3.63, 3.8) is 0 Å². The summed E-state index contributed by atoms with van der Waals surface area (Å²) < 4.78 is 66.7. The van der Waals surface area contributed by atoms with Gasteiger partial charge in [0.05, 0.1) is 32.3 Å². The normalized spacial score (nSPS) is 15.6. The van der Waals surface area contributed by atoms with Crippen molar-refractivity contribution < 1.29 is 30.5 Å². The first kappa shape index (κ1) is 77.6. The zero-order valence-corrected chi connectivity index (χ0v) is 63.6. The summed E-state index contributed by atoms with van der Waals surface area (Å²) in [5.41, 5.74) is 20.6. The number of aromatic amines is 1. The van der Waals surface area contributed by atoms with Crippen LogP contribution in [0.4, 0.5) is 17.1 Å². The number of rotatable bonds is 27. The first-order valence-electron chi connectivity index (χ1n) is 37.3. The molecule has 0 saturated heterocycles. The first-order chi connectivity index (χ1) is 49.1. The quantitative estimate of drug-likeness (QED) is 0.0296. The lowest BCUT2D eigenvalue weighted by Crippen LogP contribution is -2.26. The minimum absolute atomic E-state index is 0.0189. The molecule has 12 heteroatoms. The van der Waals surface area contributed by atoms with Crippen molar-refractivity contribution in [1.82, 2.24) is 4.98 Å². The molecule has 3 aliphatic heterocycles. The summed E-state index contributed by atoms with van der Waals surface area (Å²) in [6.45, 7) is 18.0. The molecule has 10 nitrogen and oxygen atoms in total. The van der Waals surface area contributed by atoms with E-state index in [1.165, 1.54) is 198 Å². The summed E-state index contributed by atoms with van der Waals surface area (Å²) in [5, 5.41) is 1.25. The second-order valence-corrected chi connectivity index (χ2v) is 31.4. The Morgan fingerprint density at radius 2 is 1.00 bits per heavy atom. The van der Waals surface area contributed by atoms with Crippen LogP contribution in [0.3, 0.4) is 0 Å². The molecule has 9 aromatic rings. The van der Waals surface area contributed by atoms with Crippen LogP contribution in [0.5, 0.6) is 0 Å². The van der Waals surface area contributed by atoms with Crippen LogP contribution in [0, 0.1) is 0 Å². The minimum Gasteiger partial charge on any atom is -0.744 e. The predicted octanol–water partition coefficient (Wildman–Crippen LogP) is 23.9. The van der Waals surface area contributed by atoms with E-state index >= 15 is 0 Å². The maximum absolute atomic E-state index is 11.1. The van der Waals surface area contributed by atoms with Gasteiger partial charge in [0.25, 0.3) is 10.1 Å². The van der Waals surface area contributed by atoms with Gasteiger partial charge >= 0.3 is 0 Å². The number of nitrogens with one attached hydrogen (secondary N) is 1. The highest BCUT2D eigenvalue weighted by Crippen LogP contribution is 2.48. The number of anilines is 1. The smallest absolute Gasteiger partial charge is 0.294 e. The maximum Gasteiger partial charge on any atom is 0.294 e. The van der Waals surface area contributed by atoms with Crippen molar-refractivity contribution in [1.29, 1.82) is 0 Å². The van der Waals surface area contributed by atoms with Gasteiger partial charge in [0, 0.05) is 74.7 Å². The summed E-state index contributed by atoms with van der Waals surface area (Å²) in [4.78, 5) is 10.7. The number of benzene rings is 8. The van der Waals surface area contributed by atoms with E-state index in [2.05, 4.69) is 260 Å². The van der Waals surface area contributed by atoms with Crippen molar-refractivity contribution in [2.45, 2.75) is 203 Å². The largest absolute Gasteiger partial charge is 0.744 e.